The Labute approximate surface area is 666 Å². The van der Waals surface area contributed by atoms with Gasteiger partial charge in [-0.05, 0) is 148 Å². The van der Waals surface area contributed by atoms with Gasteiger partial charge in [0.15, 0.2) is 35.5 Å². The summed E-state index contributed by atoms with van der Waals surface area (Å²) in [5, 5.41) is 17.2. The number of hydrogen-bond donors (Lipinski definition) is 6. The van der Waals surface area contributed by atoms with Crippen LogP contribution < -0.4 is 60.3 Å². The monoisotopic (exact) mass is 1590 g/mol. The molecule has 4 fully saturated rings. The molecule has 0 bridgehead atoms. The van der Waals surface area contributed by atoms with Gasteiger partial charge in [-0.3, -0.25) is 28.8 Å². The Balaban J connectivity index is 0.482. The number of carbonyl (C=O) groups is 10. The smallest absolute Gasteiger partial charge is 0.327 e. The fourth-order valence-electron chi connectivity index (χ4n) is 14.9. The second kappa shape index (κ2) is 42.8. The maximum absolute atomic E-state index is 13.9. The molecule has 4 aromatic rings. The molecular formula is C82H114N12O20. The summed E-state index contributed by atoms with van der Waals surface area (Å²) in [5.41, 5.74) is 0.787. The van der Waals surface area contributed by atoms with Gasteiger partial charge in [0, 0.05) is 116 Å². The van der Waals surface area contributed by atoms with Crippen molar-refractivity contribution in [1.82, 2.24) is 61.3 Å². The number of piperazine rings is 2. The van der Waals surface area contributed by atoms with Crippen molar-refractivity contribution in [1.29, 1.82) is 0 Å². The zero-order valence-corrected chi connectivity index (χ0v) is 66.7. The number of rotatable bonds is 43. The number of imide groups is 2. The molecule has 0 radical (unpaired) electrons. The number of likely N-dealkylation sites (tertiary alicyclic amines) is 2. The minimum Gasteiger partial charge on any atom is -0.469 e. The fraction of sp³-hybridized carbons (Fsp3) is 0.585. The molecule has 4 atom stereocenters. The number of nitrogens with one attached hydrogen (secondary N) is 6. The lowest BCUT2D eigenvalue weighted by atomic mass is 9.72. The summed E-state index contributed by atoms with van der Waals surface area (Å²) in [6.07, 6.45) is 5.98. The molecule has 0 unspecified atom stereocenters. The van der Waals surface area contributed by atoms with Gasteiger partial charge in [-0.25, -0.2) is 29.0 Å². The van der Waals surface area contributed by atoms with E-state index in [1.807, 2.05) is 77.9 Å². The van der Waals surface area contributed by atoms with Gasteiger partial charge in [0.05, 0.1) is 51.7 Å². The minimum absolute atomic E-state index is 0.00930. The highest BCUT2D eigenvalue weighted by atomic mass is 16.7. The van der Waals surface area contributed by atoms with Gasteiger partial charge in [-0.1, -0.05) is 66.5 Å². The van der Waals surface area contributed by atoms with Crippen LogP contribution in [0.2, 0.25) is 0 Å². The van der Waals surface area contributed by atoms with Crippen LogP contribution >= 0.6 is 0 Å². The zero-order valence-electron chi connectivity index (χ0n) is 66.7. The molecule has 0 spiro atoms. The molecule has 622 valence electrons. The van der Waals surface area contributed by atoms with Crippen LogP contribution in [0, 0.1) is 10.8 Å². The molecule has 6 N–H and O–H groups in total. The minimum atomic E-state index is -0.894. The van der Waals surface area contributed by atoms with Crippen LogP contribution in [0.1, 0.15) is 175 Å². The van der Waals surface area contributed by atoms with E-state index in [9.17, 15) is 47.9 Å². The van der Waals surface area contributed by atoms with Gasteiger partial charge in [-0.2, -0.15) is 0 Å². The number of amides is 14. The van der Waals surface area contributed by atoms with Crippen LogP contribution in [0.4, 0.5) is 19.2 Å². The Morgan fingerprint density at radius 2 is 0.754 bits per heavy atom. The van der Waals surface area contributed by atoms with Crippen LogP contribution in [-0.2, 0) is 38.1 Å². The Bertz CT molecular complexity index is 3640. The topological polar surface area (TPSA) is 355 Å². The summed E-state index contributed by atoms with van der Waals surface area (Å²) in [7, 11) is 0. The molecule has 0 saturated carbocycles. The number of unbranched alkanes of at least 4 members (excludes halogenated alkanes) is 1. The lowest BCUT2D eigenvalue weighted by Gasteiger charge is -2.53. The van der Waals surface area contributed by atoms with Crippen molar-refractivity contribution >= 4 is 59.6 Å². The summed E-state index contributed by atoms with van der Waals surface area (Å²) in [5.74, 6) is 2.35. The van der Waals surface area contributed by atoms with Gasteiger partial charge >= 0.3 is 24.1 Å². The third-order valence-corrected chi connectivity index (χ3v) is 21.9. The number of fused-ring (bicyclic) bond motifs is 2. The molecule has 32 heteroatoms. The number of carbonyl (C=O) groups excluding carboxylic acids is 10. The van der Waals surface area contributed by atoms with E-state index in [0.29, 0.717) is 254 Å². The van der Waals surface area contributed by atoms with Crippen LogP contribution in [-0.4, -0.2) is 246 Å². The van der Waals surface area contributed by atoms with Crippen molar-refractivity contribution in [2.24, 2.45) is 10.8 Å². The van der Waals surface area contributed by atoms with Crippen molar-refractivity contribution in [2.75, 3.05) is 145 Å². The summed E-state index contributed by atoms with van der Waals surface area (Å²) in [6, 6.07) is 22.0. The first kappa shape index (κ1) is 86.2. The van der Waals surface area contributed by atoms with E-state index >= 15 is 0 Å². The first-order chi connectivity index (χ1) is 55.4. The molecule has 14 amide bonds. The fourth-order valence-corrected chi connectivity index (χ4v) is 14.9. The number of urea groups is 4. The van der Waals surface area contributed by atoms with E-state index in [0.717, 1.165) is 33.8 Å². The first-order valence-electron chi connectivity index (χ1n) is 40.5. The highest BCUT2D eigenvalue weighted by Gasteiger charge is 2.64. The Morgan fingerprint density at radius 3 is 1.11 bits per heavy atom. The molecule has 6 heterocycles. The Hall–Kier alpha value is -10.2. The van der Waals surface area contributed by atoms with Crippen molar-refractivity contribution < 1.29 is 95.3 Å². The zero-order chi connectivity index (χ0) is 81.0. The molecule has 6 aliphatic rings. The SMILES string of the molecule is CCC[C@@H](NC(=O)N1C(=O)C(CC)(CC)[C@@H]1Oc1ccc(C(=O)N2CCN(C(=O)CCCOCCOCCNC(=O)NCCCCNC(=O)NCCOCCOCCCC(=O)N3CCN(C(=O)c4ccc(O[C@@H]5N(C(=O)N[C@H](CCC)c6ccc7c(c6)OCO7)C(=O)C5(CC)CC)cc4)CC3)CC2)cc1)c1ccc2c(c1)OCO2. The maximum atomic E-state index is 13.9. The molecule has 6 aliphatic heterocycles. The van der Waals surface area contributed by atoms with E-state index in [4.69, 9.17) is 47.4 Å². The van der Waals surface area contributed by atoms with Crippen molar-refractivity contribution in [2.45, 2.75) is 156 Å². The van der Waals surface area contributed by atoms with E-state index in [2.05, 4.69) is 31.9 Å². The predicted octanol–water partition coefficient (Wildman–Crippen LogP) is 8.63. The van der Waals surface area contributed by atoms with Gasteiger partial charge < -0.3 is 98.9 Å². The molecule has 4 saturated heterocycles. The van der Waals surface area contributed by atoms with Gasteiger partial charge in [0.2, 0.25) is 37.2 Å². The number of hydrogen-bond acceptors (Lipinski definition) is 20. The van der Waals surface area contributed by atoms with E-state index in [1.165, 1.54) is 0 Å². The average molecular weight is 1590 g/mol. The molecule has 4 aromatic carbocycles. The number of ether oxygens (including phenoxy) is 10. The lowest BCUT2D eigenvalue weighted by Crippen LogP contribution is -2.73. The van der Waals surface area contributed by atoms with E-state index < -0.39 is 35.3 Å². The molecule has 0 aromatic heterocycles. The predicted molar refractivity (Wildman–Crippen MR) is 418 cm³/mol. The molecule has 0 aliphatic carbocycles. The Morgan fingerprint density at radius 1 is 0.412 bits per heavy atom. The van der Waals surface area contributed by atoms with Gasteiger partial charge in [0.25, 0.3) is 11.8 Å². The summed E-state index contributed by atoms with van der Waals surface area (Å²) < 4.78 is 57.4. The molecular weight excluding hydrogens is 1470 g/mol. The van der Waals surface area contributed by atoms with Gasteiger partial charge in [-0.15, -0.1) is 0 Å². The highest BCUT2D eigenvalue weighted by molar-refractivity contribution is 6.04. The third kappa shape index (κ3) is 22.0. The largest absolute Gasteiger partial charge is 0.469 e. The molecule has 10 rings (SSSR count). The summed E-state index contributed by atoms with van der Waals surface area (Å²) in [6.45, 7) is 19.2. The molecule has 114 heavy (non-hydrogen) atoms. The maximum Gasteiger partial charge on any atom is 0.327 e. The third-order valence-electron chi connectivity index (χ3n) is 21.9. The second-order valence-electron chi connectivity index (χ2n) is 28.9. The Kier molecular flexibility index (Phi) is 32.4. The van der Waals surface area contributed by atoms with Crippen LogP contribution in [0.15, 0.2) is 84.9 Å². The number of β-lactam (4-membered cyclic amide) rings is 2. The highest BCUT2D eigenvalue weighted by Crippen LogP contribution is 2.48. The van der Waals surface area contributed by atoms with Crippen molar-refractivity contribution in [3.63, 3.8) is 0 Å². The van der Waals surface area contributed by atoms with Crippen molar-refractivity contribution in [3.05, 3.63) is 107 Å². The van der Waals surface area contributed by atoms with Crippen molar-refractivity contribution in [3.8, 4) is 34.5 Å². The quantitative estimate of drug-likeness (QED) is 0.0178. The molecule has 32 nitrogen and oxygen atoms in total. The standard InChI is InChI=1S/C82H114N12O20/c1-7-17-63(59-25-31-65-67(53-59)111-55-109-65)87-79(103)93-73(99)81(9-3,10-4)75(93)113-61-27-21-57(22-28-61)71(97)91-41-37-89(38-42-91)69(95)19-15-45-105-49-51-107-47-35-85-77(101)83-33-13-14-34-84-78(102)86-36-48-108-52-50-106-46-16-20-70(96)90-39-43-92(44-40-90)72(98)58-23-29-62(30-24-58)114-76-82(11-5,12-6)74(100)94(76)80(104)88-64(18-8-2)60-26-32-66-68(54-60)112-56-110-66/h21-32,53-54,63-64,75-76H,7-20,33-52,55-56H2,1-6H3,(H,87,103)(H,88,104)(H2,83,85,101)(H2,84,86,102)/t63-,64-,75+,76+/m1/s1. The second-order valence-corrected chi connectivity index (χ2v) is 28.9. The van der Waals surface area contributed by atoms with E-state index in [1.54, 1.807) is 68.1 Å². The van der Waals surface area contributed by atoms with Gasteiger partial charge in [0.1, 0.15) is 22.3 Å². The normalized spacial score (nSPS) is 17.6. The number of nitrogens with zero attached hydrogens (tertiary/aromatic N) is 6. The summed E-state index contributed by atoms with van der Waals surface area (Å²) in [4.78, 5) is 142. The number of benzene rings is 4. The first-order valence-corrected chi connectivity index (χ1v) is 40.5. The lowest BCUT2D eigenvalue weighted by molar-refractivity contribution is -0.191. The van der Waals surface area contributed by atoms with Crippen LogP contribution in [0.5, 0.6) is 34.5 Å². The average Bonchev–Trinajstić information content (AvgIpc) is 0.780. The van der Waals surface area contributed by atoms with Crippen LogP contribution in [0.3, 0.4) is 0 Å². The summed E-state index contributed by atoms with van der Waals surface area (Å²) >= 11 is 0. The van der Waals surface area contributed by atoms with Crippen LogP contribution in [0.25, 0.3) is 0 Å². The van der Waals surface area contributed by atoms with E-state index in [-0.39, 0.29) is 73.2 Å².